The summed E-state index contributed by atoms with van der Waals surface area (Å²) in [5.41, 5.74) is 1.09. The number of carbonyl (C=O) groups is 2. The lowest BCUT2D eigenvalue weighted by Crippen LogP contribution is -2.17. The number of benzene rings is 3. The van der Waals surface area contributed by atoms with Crippen molar-refractivity contribution in [2.45, 2.75) is 6.92 Å². The Morgan fingerprint density at radius 2 is 1.56 bits per heavy atom. The van der Waals surface area contributed by atoms with Gasteiger partial charge in [-0.3, -0.25) is 4.79 Å². The molecule has 5 nitrogen and oxygen atoms in total. The predicted molar refractivity (Wildman–Crippen MR) is 130 cm³/mol. The van der Waals surface area contributed by atoms with Crippen LogP contribution in [-0.2, 0) is 0 Å². The smallest absolute Gasteiger partial charge is 0.346 e. The first-order chi connectivity index (χ1) is 17.1. The van der Waals surface area contributed by atoms with E-state index in [9.17, 15) is 22.8 Å². The van der Waals surface area contributed by atoms with Crippen LogP contribution in [0.25, 0.3) is 11.1 Å². The number of esters is 1. The molecule has 0 bridgehead atoms. The average molecular weight is 531 g/mol. The summed E-state index contributed by atoms with van der Waals surface area (Å²) >= 11 is 11.5. The third-order valence-electron chi connectivity index (χ3n) is 5.09. The minimum atomic E-state index is -1.10. The highest BCUT2D eigenvalue weighted by molar-refractivity contribution is 6.34. The molecule has 0 aliphatic carbocycles. The number of nitrogens with one attached hydrogen (secondary N) is 1. The lowest BCUT2D eigenvalue weighted by Gasteiger charge is -2.14. The van der Waals surface area contributed by atoms with Crippen LogP contribution < -0.4 is 10.1 Å². The minimum Gasteiger partial charge on any atom is -0.422 e. The van der Waals surface area contributed by atoms with E-state index in [4.69, 9.17) is 27.9 Å². The Bertz CT molecular complexity index is 1500. The van der Waals surface area contributed by atoms with Gasteiger partial charge in [-0.15, -0.1) is 0 Å². The fourth-order valence-electron chi connectivity index (χ4n) is 3.27. The zero-order chi connectivity index (χ0) is 26.0. The fourth-order valence-corrected chi connectivity index (χ4v) is 3.67. The van der Waals surface area contributed by atoms with Crippen molar-refractivity contribution in [1.82, 2.24) is 4.98 Å². The van der Waals surface area contributed by atoms with E-state index in [0.717, 1.165) is 17.7 Å². The Kier molecular flexibility index (Phi) is 7.28. The molecule has 4 aromatic rings. The van der Waals surface area contributed by atoms with Crippen molar-refractivity contribution in [2.24, 2.45) is 0 Å². The average Bonchev–Trinajstić information content (AvgIpc) is 2.83. The van der Waals surface area contributed by atoms with Crippen molar-refractivity contribution in [3.63, 3.8) is 0 Å². The lowest BCUT2D eigenvalue weighted by atomic mass is 10.0. The Hall–Kier alpha value is -3.88. The van der Waals surface area contributed by atoms with E-state index in [1.807, 2.05) is 6.92 Å². The molecule has 0 radical (unpaired) electrons. The number of halogens is 5. The molecular weight excluding hydrogens is 516 g/mol. The van der Waals surface area contributed by atoms with Crippen molar-refractivity contribution in [1.29, 1.82) is 0 Å². The Balaban J connectivity index is 1.74. The normalized spacial score (nSPS) is 10.7. The van der Waals surface area contributed by atoms with E-state index in [-0.39, 0.29) is 22.4 Å². The maximum absolute atomic E-state index is 14.4. The number of aryl methyl sites for hydroxylation is 1. The van der Waals surface area contributed by atoms with Gasteiger partial charge in [0.2, 0.25) is 0 Å². The quantitative estimate of drug-likeness (QED) is 0.167. The molecule has 4 rings (SSSR count). The molecule has 1 amide bonds. The molecular formula is C26H15Cl2F3N2O3. The molecule has 0 saturated carbocycles. The van der Waals surface area contributed by atoms with E-state index in [0.29, 0.717) is 11.8 Å². The summed E-state index contributed by atoms with van der Waals surface area (Å²) in [4.78, 5) is 29.4. The number of hydrogen-bond donors (Lipinski definition) is 1. The van der Waals surface area contributed by atoms with Crippen LogP contribution in [0.5, 0.6) is 5.75 Å². The summed E-state index contributed by atoms with van der Waals surface area (Å²) in [5.74, 6) is -4.61. The summed E-state index contributed by atoms with van der Waals surface area (Å²) in [6.45, 7) is 1.88. The van der Waals surface area contributed by atoms with Crippen molar-refractivity contribution in [3.05, 3.63) is 111 Å². The fraction of sp³-hybridized carbons (Fsp3) is 0.0385. The molecule has 0 saturated heterocycles. The molecule has 10 heteroatoms. The Morgan fingerprint density at radius 3 is 2.25 bits per heavy atom. The summed E-state index contributed by atoms with van der Waals surface area (Å²) in [7, 11) is 0. The Labute approximate surface area is 213 Å². The first-order valence-corrected chi connectivity index (χ1v) is 11.1. The predicted octanol–water partition coefficient (Wildman–Crippen LogP) is 7.25. The molecule has 0 aliphatic rings. The van der Waals surface area contributed by atoms with Crippen molar-refractivity contribution >= 4 is 40.8 Å². The third kappa shape index (κ3) is 5.50. The molecule has 3 aromatic carbocycles. The molecule has 0 unspecified atom stereocenters. The molecule has 0 spiro atoms. The van der Waals surface area contributed by atoms with Crippen LogP contribution in [0.15, 0.2) is 66.7 Å². The summed E-state index contributed by atoms with van der Waals surface area (Å²) in [6, 6.07) is 14.6. The van der Waals surface area contributed by atoms with Crippen LogP contribution in [0.3, 0.4) is 0 Å². The van der Waals surface area contributed by atoms with Gasteiger partial charge in [0.25, 0.3) is 5.91 Å². The first kappa shape index (κ1) is 25.2. The topological polar surface area (TPSA) is 68.3 Å². The van der Waals surface area contributed by atoms with E-state index < -0.39 is 45.2 Å². The van der Waals surface area contributed by atoms with Crippen LogP contribution >= 0.6 is 23.2 Å². The highest BCUT2D eigenvalue weighted by Gasteiger charge is 2.22. The van der Waals surface area contributed by atoms with Gasteiger partial charge in [-0.1, -0.05) is 47.0 Å². The molecule has 1 aromatic heterocycles. The highest BCUT2D eigenvalue weighted by atomic mass is 35.5. The Morgan fingerprint density at radius 1 is 0.833 bits per heavy atom. The second-order valence-corrected chi connectivity index (χ2v) is 8.36. The summed E-state index contributed by atoms with van der Waals surface area (Å²) in [5, 5.41) is 1.74. The van der Waals surface area contributed by atoms with Gasteiger partial charge in [0, 0.05) is 17.3 Å². The van der Waals surface area contributed by atoms with Crippen LogP contribution in [0.1, 0.15) is 26.3 Å². The second-order valence-electron chi connectivity index (χ2n) is 7.64. The van der Waals surface area contributed by atoms with Gasteiger partial charge >= 0.3 is 5.97 Å². The number of anilines is 1. The number of ether oxygens (including phenoxy) is 1. The molecule has 36 heavy (non-hydrogen) atoms. The van der Waals surface area contributed by atoms with Gasteiger partial charge in [-0.25, -0.2) is 22.9 Å². The van der Waals surface area contributed by atoms with Crippen molar-refractivity contribution < 1.29 is 27.5 Å². The third-order valence-corrected chi connectivity index (χ3v) is 5.64. The van der Waals surface area contributed by atoms with E-state index in [2.05, 4.69) is 10.3 Å². The maximum atomic E-state index is 14.4. The molecule has 1 heterocycles. The number of carbonyl (C=O) groups excluding carboxylic acids is 2. The molecule has 0 atom stereocenters. The van der Waals surface area contributed by atoms with E-state index >= 15 is 0 Å². The number of aromatic nitrogens is 1. The van der Waals surface area contributed by atoms with Crippen molar-refractivity contribution in [2.75, 3.05) is 5.32 Å². The van der Waals surface area contributed by atoms with Gasteiger partial charge in [0.15, 0.2) is 11.0 Å². The number of hydrogen-bond acceptors (Lipinski definition) is 4. The summed E-state index contributed by atoms with van der Waals surface area (Å²) in [6.07, 6.45) is 0. The highest BCUT2D eigenvalue weighted by Crippen LogP contribution is 2.31. The largest absolute Gasteiger partial charge is 0.422 e. The van der Waals surface area contributed by atoms with Crippen LogP contribution in [-0.4, -0.2) is 16.9 Å². The maximum Gasteiger partial charge on any atom is 0.346 e. The summed E-state index contributed by atoms with van der Waals surface area (Å²) < 4.78 is 47.0. The van der Waals surface area contributed by atoms with Gasteiger partial charge in [0.05, 0.1) is 5.56 Å². The number of nitrogens with zero attached hydrogens (tertiary/aromatic N) is 1. The second kappa shape index (κ2) is 10.4. The molecule has 0 aliphatic heterocycles. The number of rotatable bonds is 5. The van der Waals surface area contributed by atoms with Crippen LogP contribution in [0.2, 0.25) is 10.3 Å². The lowest BCUT2D eigenvalue weighted by molar-refractivity contribution is 0.0732. The number of pyridine rings is 1. The van der Waals surface area contributed by atoms with Gasteiger partial charge in [-0.2, -0.15) is 0 Å². The zero-order valence-corrected chi connectivity index (χ0v) is 19.9. The van der Waals surface area contributed by atoms with Crippen LogP contribution in [0, 0.1) is 24.4 Å². The standard InChI is InChI=1S/C26H15Cl2F3N2O3/c1-13-2-6-16(7-3-13)32-25(34)18-10-14(17-8-5-15(29)11-20(17)30)4-9-22(18)36-26(35)19-12-21(31)24(28)33-23(19)27/h2-12H,1H3,(H,32,34). The zero-order valence-electron chi connectivity index (χ0n) is 18.4. The molecule has 0 fully saturated rings. The molecule has 182 valence electrons. The molecule has 1 N–H and O–H groups in total. The monoisotopic (exact) mass is 530 g/mol. The SMILES string of the molecule is Cc1ccc(NC(=O)c2cc(-c3ccc(F)cc3F)ccc2OC(=O)c2cc(F)c(Cl)nc2Cl)cc1. The number of amides is 1. The first-order valence-electron chi connectivity index (χ1n) is 10.3. The van der Waals surface area contributed by atoms with Gasteiger partial charge in [-0.05, 0) is 55.0 Å². The van der Waals surface area contributed by atoms with E-state index in [1.54, 1.807) is 24.3 Å². The minimum absolute atomic E-state index is 0.0191. The van der Waals surface area contributed by atoms with E-state index in [1.165, 1.54) is 24.3 Å². The van der Waals surface area contributed by atoms with Crippen LogP contribution in [0.4, 0.5) is 18.9 Å². The van der Waals surface area contributed by atoms with Crippen molar-refractivity contribution in [3.8, 4) is 16.9 Å². The van der Waals surface area contributed by atoms with Gasteiger partial charge < -0.3 is 10.1 Å². The van der Waals surface area contributed by atoms with Gasteiger partial charge in [0.1, 0.15) is 28.1 Å².